The maximum Gasteiger partial charge on any atom is 0.225 e. The number of hydrogen-bond acceptors (Lipinski definition) is 3. The Morgan fingerprint density at radius 1 is 1.48 bits per heavy atom. The summed E-state index contributed by atoms with van der Waals surface area (Å²) in [4.78, 5) is 12.6. The quantitative estimate of drug-likeness (QED) is 0.833. The van der Waals surface area contributed by atoms with Crippen LogP contribution >= 0.6 is 12.4 Å². The number of aryl methyl sites for hydroxylation is 1. The number of nitrogens with zero attached hydrogens (tertiary/aromatic N) is 2. The zero-order chi connectivity index (χ0) is 15.7. The molecular weight excluding hydrogens is 312 g/mol. The van der Waals surface area contributed by atoms with Crippen LogP contribution < -0.4 is 10.6 Å². The van der Waals surface area contributed by atoms with Crippen molar-refractivity contribution < 1.29 is 4.79 Å². The Morgan fingerprint density at radius 3 is 2.78 bits per heavy atom. The van der Waals surface area contributed by atoms with Gasteiger partial charge in [0.05, 0.1) is 12.1 Å². The highest BCUT2D eigenvalue weighted by atomic mass is 35.5. The molecule has 130 valence electrons. The molecule has 1 aromatic heterocycles. The Balaban J connectivity index is 0.00000192. The Morgan fingerprint density at radius 2 is 2.22 bits per heavy atom. The SMILES string of the molecule is CC(C)CC1(CNC(=O)[C@H]2CNC[C@@H]2c2cnn(C)c2)CC1.Cl. The molecule has 0 radical (unpaired) electrons. The first-order valence-corrected chi connectivity index (χ1v) is 8.46. The van der Waals surface area contributed by atoms with E-state index in [1.165, 1.54) is 19.3 Å². The Kier molecular flexibility index (Phi) is 5.74. The van der Waals surface area contributed by atoms with E-state index in [0.717, 1.165) is 25.2 Å². The number of nitrogens with one attached hydrogen (secondary N) is 2. The minimum Gasteiger partial charge on any atom is -0.355 e. The second-order valence-electron chi connectivity index (χ2n) is 7.63. The van der Waals surface area contributed by atoms with Gasteiger partial charge in [0.1, 0.15) is 0 Å². The van der Waals surface area contributed by atoms with Gasteiger partial charge in [-0.1, -0.05) is 13.8 Å². The predicted octanol–water partition coefficient (Wildman–Crippen LogP) is 2.09. The summed E-state index contributed by atoms with van der Waals surface area (Å²) in [6.45, 7) is 7.01. The number of hydrogen-bond donors (Lipinski definition) is 2. The topological polar surface area (TPSA) is 59.0 Å². The Hall–Kier alpha value is -1.07. The molecule has 1 saturated carbocycles. The molecule has 1 aromatic rings. The summed E-state index contributed by atoms with van der Waals surface area (Å²) in [5.74, 6) is 1.18. The van der Waals surface area contributed by atoms with Crippen molar-refractivity contribution in [2.24, 2.45) is 24.3 Å². The minimum atomic E-state index is 0. The molecule has 5 nitrogen and oxygen atoms in total. The monoisotopic (exact) mass is 340 g/mol. The van der Waals surface area contributed by atoms with Gasteiger partial charge in [0.15, 0.2) is 0 Å². The molecule has 23 heavy (non-hydrogen) atoms. The molecular formula is C17H29ClN4O. The van der Waals surface area contributed by atoms with Gasteiger partial charge < -0.3 is 10.6 Å². The third-order valence-electron chi connectivity index (χ3n) is 5.14. The van der Waals surface area contributed by atoms with Crippen LogP contribution in [0.25, 0.3) is 0 Å². The zero-order valence-electron chi connectivity index (χ0n) is 14.3. The van der Waals surface area contributed by atoms with Gasteiger partial charge in [-0.3, -0.25) is 9.48 Å². The van der Waals surface area contributed by atoms with Crippen LogP contribution in [-0.2, 0) is 11.8 Å². The number of aromatic nitrogens is 2. The lowest BCUT2D eigenvalue weighted by Crippen LogP contribution is -2.38. The Labute approximate surface area is 145 Å². The number of halogens is 1. The molecule has 2 atom stereocenters. The molecule has 1 aliphatic carbocycles. The summed E-state index contributed by atoms with van der Waals surface area (Å²) in [7, 11) is 1.92. The van der Waals surface area contributed by atoms with Gasteiger partial charge >= 0.3 is 0 Å². The summed E-state index contributed by atoms with van der Waals surface area (Å²) < 4.78 is 1.81. The van der Waals surface area contributed by atoms with Crippen LogP contribution in [0.4, 0.5) is 0 Å². The first kappa shape index (κ1) is 18.3. The minimum absolute atomic E-state index is 0. The summed E-state index contributed by atoms with van der Waals surface area (Å²) in [6.07, 6.45) is 7.67. The van der Waals surface area contributed by atoms with Crippen molar-refractivity contribution in [2.45, 2.75) is 39.0 Å². The third-order valence-corrected chi connectivity index (χ3v) is 5.14. The maximum absolute atomic E-state index is 12.6. The molecule has 3 rings (SSSR count). The molecule has 1 aliphatic heterocycles. The molecule has 0 bridgehead atoms. The van der Waals surface area contributed by atoms with Crippen LogP contribution in [0.2, 0.25) is 0 Å². The molecule has 2 aliphatic rings. The van der Waals surface area contributed by atoms with E-state index in [1.54, 1.807) is 0 Å². The summed E-state index contributed by atoms with van der Waals surface area (Å²) >= 11 is 0. The van der Waals surface area contributed by atoms with Crippen molar-refractivity contribution in [3.05, 3.63) is 18.0 Å². The van der Waals surface area contributed by atoms with Crippen LogP contribution in [0.1, 0.15) is 44.6 Å². The lowest BCUT2D eigenvalue weighted by atomic mass is 9.89. The summed E-state index contributed by atoms with van der Waals surface area (Å²) in [6, 6.07) is 0. The van der Waals surface area contributed by atoms with Crippen LogP contribution in [-0.4, -0.2) is 35.3 Å². The average Bonchev–Trinajstić information content (AvgIpc) is 2.89. The van der Waals surface area contributed by atoms with E-state index in [1.807, 2.05) is 24.1 Å². The molecule has 1 amide bonds. The van der Waals surface area contributed by atoms with E-state index in [0.29, 0.717) is 11.3 Å². The van der Waals surface area contributed by atoms with Crippen LogP contribution in [0, 0.1) is 17.3 Å². The maximum atomic E-state index is 12.6. The van der Waals surface area contributed by atoms with Gasteiger partial charge in [0.2, 0.25) is 5.91 Å². The van der Waals surface area contributed by atoms with Gasteiger partial charge in [0.25, 0.3) is 0 Å². The fourth-order valence-corrected chi connectivity index (χ4v) is 3.84. The van der Waals surface area contributed by atoms with Crippen LogP contribution in [0.15, 0.2) is 12.4 Å². The molecule has 0 unspecified atom stereocenters. The van der Waals surface area contributed by atoms with E-state index in [4.69, 9.17) is 0 Å². The van der Waals surface area contributed by atoms with Crippen molar-refractivity contribution in [2.75, 3.05) is 19.6 Å². The molecule has 0 spiro atoms. The van der Waals surface area contributed by atoms with Crippen molar-refractivity contribution in [3.8, 4) is 0 Å². The molecule has 2 fully saturated rings. The normalized spacial score (nSPS) is 25.2. The van der Waals surface area contributed by atoms with Crippen molar-refractivity contribution >= 4 is 18.3 Å². The molecule has 0 aromatic carbocycles. The second kappa shape index (κ2) is 7.22. The lowest BCUT2D eigenvalue weighted by Gasteiger charge is -2.21. The molecule has 6 heteroatoms. The fourth-order valence-electron chi connectivity index (χ4n) is 3.84. The van der Waals surface area contributed by atoms with E-state index in [-0.39, 0.29) is 30.2 Å². The fraction of sp³-hybridized carbons (Fsp3) is 0.765. The van der Waals surface area contributed by atoms with E-state index < -0.39 is 0 Å². The van der Waals surface area contributed by atoms with Gasteiger partial charge in [-0.2, -0.15) is 5.10 Å². The van der Waals surface area contributed by atoms with Gasteiger partial charge in [0, 0.05) is 38.8 Å². The Bertz CT molecular complexity index is 538. The average molecular weight is 341 g/mol. The highest BCUT2D eigenvalue weighted by Crippen LogP contribution is 2.50. The largest absolute Gasteiger partial charge is 0.355 e. The van der Waals surface area contributed by atoms with Gasteiger partial charge in [-0.25, -0.2) is 0 Å². The second-order valence-corrected chi connectivity index (χ2v) is 7.63. The van der Waals surface area contributed by atoms with Crippen molar-refractivity contribution in [1.29, 1.82) is 0 Å². The predicted molar refractivity (Wildman–Crippen MR) is 93.7 cm³/mol. The molecule has 2 heterocycles. The third kappa shape index (κ3) is 4.27. The van der Waals surface area contributed by atoms with E-state index >= 15 is 0 Å². The van der Waals surface area contributed by atoms with Crippen LogP contribution in [0.5, 0.6) is 0 Å². The number of carbonyl (C=O) groups is 1. The van der Waals surface area contributed by atoms with Gasteiger partial charge in [-0.05, 0) is 36.2 Å². The van der Waals surface area contributed by atoms with E-state index in [2.05, 4.69) is 29.6 Å². The molecule has 2 N–H and O–H groups in total. The zero-order valence-corrected chi connectivity index (χ0v) is 15.2. The highest BCUT2D eigenvalue weighted by molar-refractivity contribution is 5.85. The summed E-state index contributed by atoms with van der Waals surface area (Å²) in [5, 5.41) is 10.8. The lowest BCUT2D eigenvalue weighted by molar-refractivity contribution is -0.125. The highest BCUT2D eigenvalue weighted by Gasteiger charge is 2.43. The van der Waals surface area contributed by atoms with Gasteiger partial charge in [-0.15, -0.1) is 12.4 Å². The number of amides is 1. The summed E-state index contributed by atoms with van der Waals surface area (Å²) in [5.41, 5.74) is 1.55. The number of carbonyl (C=O) groups excluding carboxylic acids is 1. The number of rotatable bonds is 6. The van der Waals surface area contributed by atoms with E-state index in [9.17, 15) is 4.79 Å². The van der Waals surface area contributed by atoms with Crippen molar-refractivity contribution in [3.63, 3.8) is 0 Å². The first-order valence-electron chi connectivity index (χ1n) is 8.46. The molecule has 1 saturated heterocycles. The standard InChI is InChI=1S/C17H28N4O.ClH/c1-12(2)6-17(4-5-17)11-19-16(22)15-9-18-8-14(15)13-7-20-21(3)10-13;/h7,10,12,14-15,18H,4-6,8-9,11H2,1-3H3,(H,19,22);1H/t14-,15+;/m1./s1. The van der Waals surface area contributed by atoms with Crippen LogP contribution in [0.3, 0.4) is 0 Å². The van der Waals surface area contributed by atoms with Crippen molar-refractivity contribution in [1.82, 2.24) is 20.4 Å². The first-order chi connectivity index (χ1) is 10.5. The smallest absolute Gasteiger partial charge is 0.225 e.